The van der Waals surface area contributed by atoms with E-state index in [0.29, 0.717) is 13.1 Å². The quantitative estimate of drug-likeness (QED) is 0.834. The van der Waals surface area contributed by atoms with Crippen molar-refractivity contribution in [3.8, 4) is 0 Å². The third kappa shape index (κ3) is 3.85. The van der Waals surface area contributed by atoms with E-state index < -0.39 is 11.9 Å². The molecule has 3 rings (SSSR count). The average molecular weight is 354 g/mol. The second-order valence-corrected chi connectivity index (χ2v) is 6.85. The summed E-state index contributed by atoms with van der Waals surface area (Å²) in [6.45, 7) is 2.41. The molecule has 0 spiro atoms. The molecule has 2 atom stereocenters. The molecule has 1 saturated heterocycles. The van der Waals surface area contributed by atoms with E-state index in [1.165, 1.54) is 0 Å². The Balaban J connectivity index is 1.68. The number of carbonyl (C=O) groups excluding carboxylic acids is 2. The maximum absolute atomic E-state index is 12.5. The normalized spacial score (nSPS) is 18.1. The van der Waals surface area contributed by atoms with Crippen LogP contribution < -0.4 is 10.2 Å². The topological polar surface area (TPSA) is 86.7 Å². The standard InChI is InChI=1S/C20H22N2O4/c1-13(9-19(24)25)11-21-20(26)15-10-18(23)22(12-15)17-8-4-6-14-5-2-3-7-16(14)17/h2-8,13,15H,9-12H2,1H3,(H,21,26)(H,24,25). The van der Waals surface area contributed by atoms with Gasteiger partial charge in [0, 0.05) is 31.3 Å². The van der Waals surface area contributed by atoms with E-state index in [-0.39, 0.29) is 30.6 Å². The monoisotopic (exact) mass is 354 g/mol. The van der Waals surface area contributed by atoms with Gasteiger partial charge in [-0.25, -0.2) is 0 Å². The van der Waals surface area contributed by atoms with Crippen molar-refractivity contribution in [1.29, 1.82) is 0 Å². The Morgan fingerprint density at radius 2 is 1.96 bits per heavy atom. The number of carboxylic acid groups (broad SMARTS) is 1. The summed E-state index contributed by atoms with van der Waals surface area (Å²) in [5.74, 6) is -1.72. The molecule has 2 aromatic rings. The molecule has 2 amide bonds. The van der Waals surface area contributed by atoms with Crippen LogP contribution in [0.5, 0.6) is 0 Å². The van der Waals surface area contributed by atoms with Gasteiger partial charge in [-0.3, -0.25) is 14.4 Å². The van der Waals surface area contributed by atoms with Crippen molar-refractivity contribution in [2.24, 2.45) is 11.8 Å². The summed E-state index contributed by atoms with van der Waals surface area (Å²) in [5, 5.41) is 13.6. The number of nitrogens with one attached hydrogen (secondary N) is 1. The largest absolute Gasteiger partial charge is 0.481 e. The van der Waals surface area contributed by atoms with E-state index in [9.17, 15) is 14.4 Å². The van der Waals surface area contributed by atoms with Crippen LogP contribution >= 0.6 is 0 Å². The fourth-order valence-electron chi connectivity index (χ4n) is 3.35. The van der Waals surface area contributed by atoms with Crippen LogP contribution in [0.3, 0.4) is 0 Å². The highest BCUT2D eigenvalue weighted by molar-refractivity contribution is 6.06. The first kappa shape index (κ1) is 17.9. The molecular weight excluding hydrogens is 332 g/mol. The lowest BCUT2D eigenvalue weighted by atomic mass is 10.1. The van der Waals surface area contributed by atoms with Gasteiger partial charge in [0.1, 0.15) is 0 Å². The van der Waals surface area contributed by atoms with Gasteiger partial charge in [-0.1, -0.05) is 43.3 Å². The number of benzene rings is 2. The van der Waals surface area contributed by atoms with Gasteiger partial charge in [-0.15, -0.1) is 0 Å². The maximum Gasteiger partial charge on any atom is 0.303 e. The highest BCUT2D eigenvalue weighted by Crippen LogP contribution is 2.31. The summed E-state index contributed by atoms with van der Waals surface area (Å²) in [7, 11) is 0. The minimum absolute atomic E-state index is 0.00596. The SMILES string of the molecule is CC(CNC(=O)C1CC(=O)N(c2cccc3ccccc23)C1)CC(=O)O. The minimum Gasteiger partial charge on any atom is -0.481 e. The number of hydrogen-bond donors (Lipinski definition) is 2. The molecule has 2 N–H and O–H groups in total. The van der Waals surface area contributed by atoms with Crippen molar-refractivity contribution in [1.82, 2.24) is 5.32 Å². The van der Waals surface area contributed by atoms with Gasteiger partial charge >= 0.3 is 5.97 Å². The van der Waals surface area contributed by atoms with E-state index >= 15 is 0 Å². The van der Waals surface area contributed by atoms with Crippen LogP contribution in [0.4, 0.5) is 5.69 Å². The zero-order valence-corrected chi connectivity index (χ0v) is 14.6. The first-order chi connectivity index (χ1) is 12.5. The zero-order chi connectivity index (χ0) is 18.7. The first-order valence-corrected chi connectivity index (χ1v) is 8.73. The highest BCUT2D eigenvalue weighted by atomic mass is 16.4. The van der Waals surface area contributed by atoms with Gasteiger partial charge < -0.3 is 15.3 Å². The van der Waals surface area contributed by atoms with Crippen molar-refractivity contribution in [3.63, 3.8) is 0 Å². The van der Waals surface area contributed by atoms with Gasteiger partial charge in [0.25, 0.3) is 0 Å². The molecule has 0 aromatic heterocycles. The fourth-order valence-corrected chi connectivity index (χ4v) is 3.35. The van der Waals surface area contributed by atoms with Gasteiger partial charge in [-0.05, 0) is 17.4 Å². The summed E-state index contributed by atoms with van der Waals surface area (Å²) in [5.41, 5.74) is 0.822. The molecule has 1 fully saturated rings. The Bertz CT molecular complexity index is 843. The molecule has 0 saturated carbocycles. The number of hydrogen-bond acceptors (Lipinski definition) is 3. The molecule has 0 bridgehead atoms. The summed E-state index contributed by atoms with van der Waals surface area (Å²) in [4.78, 5) is 37.2. The van der Waals surface area contributed by atoms with Crippen molar-refractivity contribution < 1.29 is 19.5 Å². The molecule has 1 aliphatic rings. The van der Waals surface area contributed by atoms with Crippen LogP contribution in [0.2, 0.25) is 0 Å². The lowest BCUT2D eigenvalue weighted by Gasteiger charge is -2.19. The number of aliphatic carboxylic acids is 1. The van der Waals surface area contributed by atoms with E-state index in [1.807, 2.05) is 42.5 Å². The van der Waals surface area contributed by atoms with Crippen LogP contribution in [0.1, 0.15) is 19.8 Å². The molecule has 2 unspecified atom stereocenters. The molecule has 6 nitrogen and oxygen atoms in total. The second-order valence-electron chi connectivity index (χ2n) is 6.85. The van der Waals surface area contributed by atoms with Crippen molar-refractivity contribution in [2.75, 3.05) is 18.0 Å². The molecule has 0 aliphatic carbocycles. The molecule has 136 valence electrons. The van der Waals surface area contributed by atoms with Crippen LogP contribution in [-0.2, 0) is 14.4 Å². The third-order valence-electron chi connectivity index (χ3n) is 4.70. The van der Waals surface area contributed by atoms with Gasteiger partial charge in [0.05, 0.1) is 11.6 Å². The number of nitrogens with zero attached hydrogens (tertiary/aromatic N) is 1. The molecule has 1 aliphatic heterocycles. The summed E-state index contributed by atoms with van der Waals surface area (Å²) < 4.78 is 0. The molecule has 2 aromatic carbocycles. The summed E-state index contributed by atoms with van der Waals surface area (Å²) >= 11 is 0. The Morgan fingerprint density at radius 3 is 2.73 bits per heavy atom. The molecule has 6 heteroatoms. The zero-order valence-electron chi connectivity index (χ0n) is 14.6. The Hall–Kier alpha value is -2.89. The van der Waals surface area contributed by atoms with E-state index in [0.717, 1.165) is 16.5 Å². The van der Waals surface area contributed by atoms with Crippen molar-refractivity contribution >= 4 is 34.2 Å². The van der Waals surface area contributed by atoms with E-state index in [1.54, 1.807) is 11.8 Å². The maximum atomic E-state index is 12.5. The number of fused-ring (bicyclic) bond motifs is 1. The highest BCUT2D eigenvalue weighted by Gasteiger charge is 2.35. The Labute approximate surface area is 151 Å². The van der Waals surface area contributed by atoms with E-state index in [4.69, 9.17) is 5.11 Å². The van der Waals surface area contributed by atoms with Crippen LogP contribution in [-0.4, -0.2) is 36.0 Å². The summed E-state index contributed by atoms with van der Waals surface area (Å²) in [6, 6.07) is 13.6. The predicted molar refractivity (Wildman–Crippen MR) is 98.8 cm³/mol. The summed E-state index contributed by atoms with van der Waals surface area (Å²) in [6.07, 6.45) is 0.175. The number of carbonyl (C=O) groups is 3. The average Bonchev–Trinajstić information content (AvgIpc) is 3.00. The number of carboxylic acids is 1. The lowest BCUT2D eigenvalue weighted by Crippen LogP contribution is -2.35. The van der Waals surface area contributed by atoms with Crippen molar-refractivity contribution in [2.45, 2.75) is 19.8 Å². The number of anilines is 1. The van der Waals surface area contributed by atoms with Crippen LogP contribution in [0.15, 0.2) is 42.5 Å². The van der Waals surface area contributed by atoms with Crippen molar-refractivity contribution in [3.05, 3.63) is 42.5 Å². The van der Waals surface area contributed by atoms with Gasteiger partial charge in [0.15, 0.2) is 0 Å². The van der Waals surface area contributed by atoms with Gasteiger partial charge in [-0.2, -0.15) is 0 Å². The third-order valence-corrected chi connectivity index (χ3v) is 4.70. The number of rotatable bonds is 6. The number of amides is 2. The molecule has 0 radical (unpaired) electrons. The van der Waals surface area contributed by atoms with Crippen LogP contribution in [0.25, 0.3) is 10.8 Å². The smallest absolute Gasteiger partial charge is 0.303 e. The fraction of sp³-hybridized carbons (Fsp3) is 0.350. The minimum atomic E-state index is -0.884. The molecule has 26 heavy (non-hydrogen) atoms. The lowest BCUT2D eigenvalue weighted by molar-refractivity contribution is -0.138. The molecular formula is C20H22N2O4. The van der Waals surface area contributed by atoms with E-state index in [2.05, 4.69) is 5.32 Å². The van der Waals surface area contributed by atoms with Gasteiger partial charge in [0.2, 0.25) is 11.8 Å². The first-order valence-electron chi connectivity index (χ1n) is 8.73. The molecule has 1 heterocycles. The Kier molecular flexibility index (Phi) is 5.21. The second kappa shape index (κ2) is 7.56. The predicted octanol–water partition coefficient (Wildman–Crippen LogP) is 2.42. The Morgan fingerprint density at radius 1 is 1.23 bits per heavy atom. The van der Waals surface area contributed by atoms with Crippen LogP contribution in [0, 0.1) is 11.8 Å².